The lowest BCUT2D eigenvalue weighted by atomic mass is 10.1. The van der Waals surface area contributed by atoms with E-state index in [0.717, 1.165) is 43.1 Å². The number of piperazine rings is 1. The highest BCUT2D eigenvalue weighted by atomic mass is 32.2. The molecule has 0 radical (unpaired) electrons. The molecule has 0 spiro atoms. The molecule has 4 rings (SSSR count). The maximum absolute atomic E-state index is 13.2. The van der Waals surface area contributed by atoms with Crippen LogP contribution < -0.4 is 19.7 Å². The van der Waals surface area contributed by atoms with Gasteiger partial charge in [0.1, 0.15) is 5.82 Å². The van der Waals surface area contributed by atoms with Crippen molar-refractivity contribution >= 4 is 33.1 Å². The minimum absolute atomic E-state index is 0.0788. The number of hydrogen-bond donors (Lipinski definition) is 2. The Bertz CT molecular complexity index is 1330. The number of hydrogen-bond acceptors (Lipinski definition) is 8. The summed E-state index contributed by atoms with van der Waals surface area (Å²) in [6.07, 6.45) is 2.86. The van der Waals surface area contributed by atoms with Crippen molar-refractivity contribution in [2.45, 2.75) is 18.7 Å². The molecule has 1 amide bonds. The summed E-state index contributed by atoms with van der Waals surface area (Å²) in [7, 11) is -0.631. The number of rotatable bonds is 7. The van der Waals surface area contributed by atoms with Crippen LogP contribution in [0.15, 0.2) is 53.7 Å². The van der Waals surface area contributed by atoms with Crippen LogP contribution in [0.2, 0.25) is 0 Å². The number of nitrogens with one attached hydrogen (secondary N) is 2. The number of carbonyl (C=O) groups excluding carboxylic acids is 1. The molecule has 2 N–H and O–H groups in total. The molecule has 0 bridgehead atoms. The molecule has 36 heavy (non-hydrogen) atoms. The van der Waals surface area contributed by atoms with Gasteiger partial charge in [0, 0.05) is 32.4 Å². The van der Waals surface area contributed by atoms with E-state index in [2.05, 4.69) is 36.9 Å². The Hall–Kier alpha value is -3.70. The summed E-state index contributed by atoms with van der Waals surface area (Å²) in [5, 5.41) is 2.70. The highest BCUT2D eigenvalue weighted by molar-refractivity contribution is 7.92. The molecule has 0 saturated carbocycles. The van der Waals surface area contributed by atoms with Crippen LogP contribution in [0.5, 0.6) is 5.88 Å². The van der Waals surface area contributed by atoms with Crippen molar-refractivity contribution in [3.8, 4) is 5.88 Å². The third-order valence-electron chi connectivity index (χ3n) is 6.11. The summed E-state index contributed by atoms with van der Waals surface area (Å²) in [5.74, 6) is 0.312. The van der Waals surface area contributed by atoms with Gasteiger partial charge >= 0.3 is 0 Å². The fourth-order valence-corrected chi connectivity index (χ4v) is 5.31. The molecule has 1 saturated heterocycles. The SMILES string of the molecule is COc1ncc(NC(=O)c2ccc(N3CCN(C)CC3)nc2)cc1S(=O)(=O)Nc1c(C)cccc1C. The zero-order valence-corrected chi connectivity index (χ0v) is 21.6. The Kier molecular flexibility index (Phi) is 7.41. The minimum Gasteiger partial charge on any atom is -0.480 e. The van der Waals surface area contributed by atoms with Gasteiger partial charge in [-0.1, -0.05) is 18.2 Å². The molecule has 11 heteroatoms. The maximum Gasteiger partial charge on any atom is 0.267 e. The second-order valence-electron chi connectivity index (χ2n) is 8.75. The third kappa shape index (κ3) is 5.58. The number of likely N-dealkylation sites (N-methyl/N-ethyl adjacent to an activating group) is 1. The van der Waals surface area contributed by atoms with Crippen LogP contribution in [0, 0.1) is 13.8 Å². The van der Waals surface area contributed by atoms with E-state index in [0.29, 0.717) is 11.3 Å². The van der Waals surface area contributed by atoms with Crippen LogP contribution in [0.25, 0.3) is 0 Å². The Morgan fingerprint density at radius 2 is 1.69 bits per heavy atom. The van der Waals surface area contributed by atoms with Crippen molar-refractivity contribution in [1.29, 1.82) is 0 Å². The van der Waals surface area contributed by atoms with E-state index in [1.807, 2.05) is 38.1 Å². The number of para-hydroxylation sites is 1. The van der Waals surface area contributed by atoms with Gasteiger partial charge < -0.3 is 19.9 Å². The number of nitrogens with zero attached hydrogens (tertiary/aromatic N) is 4. The first-order chi connectivity index (χ1) is 17.2. The number of sulfonamides is 1. The van der Waals surface area contributed by atoms with Gasteiger partial charge in [0.15, 0.2) is 4.90 Å². The predicted molar refractivity (Wildman–Crippen MR) is 139 cm³/mol. The first-order valence-corrected chi connectivity index (χ1v) is 13.0. The average Bonchev–Trinajstić information content (AvgIpc) is 2.87. The van der Waals surface area contributed by atoms with Crippen LogP contribution in [0.1, 0.15) is 21.5 Å². The summed E-state index contributed by atoms with van der Waals surface area (Å²) in [4.78, 5) is 25.6. The normalized spacial score (nSPS) is 14.4. The average molecular weight is 511 g/mol. The molecule has 1 aliphatic rings. The van der Waals surface area contributed by atoms with Crippen molar-refractivity contribution in [3.05, 3.63) is 65.5 Å². The largest absolute Gasteiger partial charge is 0.480 e. The molecule has 1 aliphatic heterocycles. The molecule has 10 nitrogen and oxygen atoms in total. The van der Waals surface area contributed by atoms with E-state index < -0.39 is 15.9 Å². The van der Waals surface area contributed by atoms with Gasteiger partial charge in [-0.3, -0.25) is 9.52 Å². The van der Waals surface area contributed by atoms with Gasteiger partial charge in [-0.15, -0.1) is 0 Å². The van der Waals surface area contributed by atoms with Crippen molar-refractivity contribution in [3.63, 3.8) is 0 Å². The number of benzene rings is 1. The molecule has 0 aliphatic carbocycles. The summed E-state index contributed by atoms with van der Waals surface area (Å²) in [5.41, 5.74) is 2.61. The summed E-state index contributed by atoms with van der Waals surface area (Å²) < 4.78 is 34.3. The second kappa shape index (κ2) is 10.5. The lowest BCUT2D eigenvalue weighted by Gasteiger charge is -2.33. The monoisotopic (exact) mass is 510 g/mol. The number of ether oxygens (including phenoxy) is 1. The van der Waals surface area contributed by atoms with Crippen LogP contribution in [0.3, 0.4) is 0 Å². The Morgan fingerprint density at radius 3 is 2.31 bits per heavy atom. The van der Waals surface area contributed by atoms with E-state index in [4.69, 9.17) is 4.74 Å². The number of aryl methyl sites for hydroxylation is 2. The molecule has 0 atom stereocenters. The van der Waals surface area contributed by atoms with Gasteiger partial charge in [-0.05, 0) is 50.2 Å². The first kappa shape index (κ1) is 25.4. The Morgan fingerprint density at radius 1 is 1.00 bits per heavy atom. The van der Waals surface area contributed by atoms with Gasteiger partial charge in [-0.2, -0.15) is 0 Å². The van der Waals surface area contributed by atoms with E-state index in [9.17, 15) is 13.2 Å². The van der Waals surface area contributed by atoms with E-state index in [1.165, 1.54) is 25.6 Å². The third-order valence-corrected chi connectivity index (χ3v) is 7.46. The highest BCUT2D eigenvalue weighted by Crippen LogP contribution is 2.29. The van der Waals surface area contributed by atoms with Gasteiger partial charge in [0.2, 0.25) is 5.88 Å². The smallest absolute Gasteiger partial charge is 0.267 e. The van der Waals surface area contributed by atoms with Gasteiger partial charge in [0.05, 0.1) is 30.2 Å². The van der Waals surface area contributed by atoms with Crippen molar-refractivity contribution in [1.82, 2.24) is 14.9 Å². The maximum atomic E-state index is 13.2. The molecule has 190 valence electrons. The lowest BCUT2D eigenvalue weighted by Crippen LogP contribution is -2.44. The topological polar surface area (TPSA) is 117 Å². The van der Waals surface area contributed by atoms with E-state index >= 15 is 0 Å². The number of amides is 1. The van der Waals surface area contributed by atoms with Crippen LogP contribution in [-0.2, 0) is 10.0 Å². The van der Waals surface area contributed by atoms with Gasteiger partial charge in [-0.25, -0.2) is 18.4 Å². The number of methoxy groups -OCH3 is 1. The second-order valence-corrected chi connectivity index (χ2v) is 10.4. The zero-order chi connectivity index (χ0) is 25.9. The Balaban J connectivity index is 1.53. The quantitative estimate of drug-likeness (QED) is 0.498. The summed E-state index contributed by atoms with van der Waals surface area (Å²) in [6, 6.07) is 10.3. The number of anilines is 3. The number of pyridine rings is 2. The van der Waals surface area contributed by atoms with Crippen molar-refractivity contribution in [2.75, 3.05) is 55.3 Å². The summed E-state index contributed by atoms with van der Waals surface area (Å²) in [6.45, 7) is 7.30. The van der Waals surface area contributed by atoms with E-state index in [-0.39, 0.29) is 16.5 Å². The standard InChI is InChI=1S/C25H30N6O4S/c1-17-6-5-7-18(2)23(17)29-36(33,34)21-14-20(16-27-25(21)35-4)28-24(32)19-8-9-22(26-15-19)31-12-10-30(3)11-13-31/h5-9,14-16,29H,10-13H2,1-4H3,(H,28,32). The molecular weight excluding hydrogens is 480 g/mol. The number of carbonyl (C=O) groups is 1. The minimum atomic E-state index is -4.06. The molecular formula is C25H30N6O4S. The van der Waals surface area contributed by atoms with Crippen LogP contribution >= 0.6 is 0 Å². The highest BCUT2D eigenvalue weighted by Gasteiger charge is 2.24. The first-order valence-electron chi connectivity index (χ1n) is 11.5. The number of aromatic nitrogens is 2. The molecule has 3 aromatic rings. The molecule has 1 fully saturated rings. The van der Waals surface area contributed by atoms with Crippen molar-refractivity contribution < 1.29 is 17.9 Å². The predicted octanol–water partition coefficient (Wildman–Crippen LogP) is 2.91. The molecule has 2 aromatic heterocycles. The fraction of sp³-hybridized carbons (Fsp3) is 0.320. The molecule has 3 heterocycles. The van der Waals surface area contributed by atoms with Crippen molar-refractivity contribution in [2.24, 2.45) is 0 Å². The van der Waals surface area contributed by atoms with Crippen LogP contribution in [-0.4, -0.2) is 69.5 Å². The van der Waals surface area contributed by atoms with Crippen LogP contribution in [0.4, 0.5) is 17.2 Å². The van der Waals surface area contributed by atoms with Gasteiger partial charge in [0.25, 0.3) is 15.9 Å². The molecule has 0 unspecified atom stereocenters. The lowest BCUT2D eigenvalue weighted by molar-refractivity contribution is 0.102. The molecule has 1 aromatic carbocycles. The Labute approximate surface area is 211 Å². The van der Waals surface area contributed by atoms with E-state index in [1.54, 1.807) is 6.07 Å². The fourth-order valence-electron chi connectivity index (χ4n) is 3.96. The zero-order valence-electron chi connectivity index (χ0n) is 20.8. The summed E-state index contributed by atoms with van der Waals surface area (Å²) >= 11 is 0.